The van der Waals surface area contributed by atoms with Crippen LogP contribution in [0.15, 0.2) is 85.3 Å². The number of benzene rings is 4. The van der Waals surface area contributed by atoms with Gasteiger partial charge < -0.3 is 9.30 Å². The molecule has 292 valence electrons. The van der Waals surface area contributed by atoms with E-state index in [1.807, 2.05) is 35.1 Å². The minimum atomic E-state index is 0. The number of hydrogen-bond donors (Lipinski definition) is 0. The van der Waals surface area contributed by atoms with Crippen LogP contribution in [0.1, 0.15) is 101 Å². The summed E-state index contributed by atoms with van der Waals surface area (Å²) < 4.78 is 10.6. The zero-order chi connectivity index (χ0) is 38.6. The number of pyridine rings is 1. The summed E-state index contributed by atoms with van der Waals surface area (Å²) in [6.07, 6.45) is 15.1. The van der Waals surface area contributed by atoms with E-state index in [-0.39, 0.29) is 21.1 Å². The first-order chi connectivity index (χ1) is 26.7. The van der Waals surface area contributed by atoms with Gasteiger partial charge in [-0.2, -0.15) is 17.2 Å². The van der Waals surface area contributed by atoms with Crippen LogP contribution in [0.25, 0.3) is 44.4 Å². The van der Waals surface area contributed by atoms with Gasteiger partial charge in [-0.05, 0) is 119 Å². The van der Waals surface area contributed by atoms with Crippen molar-refractivity contribution in [2.45, 2.75) is 107 Å². The molecule has 0 amide bonds. The monoisotopic (exact) mass is 923 g/mol. The second-order valence-corrected chi connectivity index (χ2v) is 16.0. The Kier molecular flexibility index (Phi) is 13.4. The standard InChI is InChI=1S/C50H56N4O.Pt/c1-9-15-40-41(16-10-2)45(26-33(4)5)50(46(27-34(6)7)42(40)17-11-3)36-31-52-53(32-36)37-18-14-19-38(29-37)55-39-22-23-44-43-20-12-13-21-47(43)54(48(44)30-39)49-28-35(8)24-25-51-49;/h12-14,18-25,28,31-34H,9-11,15-17,26-27H2,1-8H3;/q-2;+2. The third-order valence-corrected chi connectivity index (χ3v) is 10.6. The van der Waals surface area contributed by atoms with Gasteiger partial charge in [0.1, 0.15) is 5.82 Å². The molecule has 0 atom stereocenters. The zero-order valence-corrected chi connectivity index (χ0v) is 36.7. The molecule has 0 radical (unpaired) electrons. The van der Waals surface area contributed by atoms with Crippen LogP contribution in [0.2, 0.25) is 0 Å². The average molecular weight is 924 g/mol. The summed E-state index contributed by atoms with van der Waals surface area (Å²) in [5.74, 6) is 3.20. The number of aromatic nitrogens is 4. The maximum absolute atomic E-state index is 6.51. The fourth-order valence-electron chi connectivity index (χ4n) is 8.45. The first-order valence-electron chi connectivity index (χ1n) is 20.5. The van der Waals surface area contributed by atoms with Crippen LogP contribution in [-0.2, 0) is 53.2 Å². The molecule has 0 aliphatic rings. The van der Waals surface area contributed by atoms with Crippen molar-refractivity contribution in [2.24, 2.45) is 11.8 Å². The molecule has 3 aromatic heterocycles. The minimum absolute atomic E-state index is 0. The first kappa shape index (κ1) is 41.2. The second-order valence-electron chi connectivity index (χ2n) is 16.0. The Morgan fingerprint density at radius 2 is 1.34 bits per heavy atom. The van der Waals surface area contributed by atoms with Gasteiger partial charge in [-0.15, -0.1) is 35.7 Å². The molecule has 0 spiro atoms. The van der Waals surface area contributed by atoms with Crippen molar-refractivity contribution in [3.63, 3.8) is 0 Å². The molecule has 7 rings (SSSR count). The summed E-state index contributed by atoms with van der Waals surface area (Å²) >= 11 is 0. The van der Waals surface area contributed by atoms with Crippen LogP contribution in [0.5, 0.6) is 11.5 Å². The number of nitrogens with zero attached hydrogens (tertiary/aromatic N) is 4. The van der Waals surface area contributed by atoms with Gasteiger partial charge in [-0.25, -0.2) is 4.98 Å². The molecule has 3 heterocycles. The fourth-order valence-corrected chi connectivity index (χ4v) is 8.45. The largest absolute Gasteiger partial charge is 2.00 e. The molecule has 0 aliphatic carbocycles. The van der Waals surface area contributed by atoms with E-state index < -0.39 is 0 Å². The van der Waals surface area contributed by atoms with Crippen LogP contribution in [0, 0.1) is 30.9 Å². The molecule has 0 N–H and O–H groups in total. The van der Waals surface area contributed by atoms with Crippen molar-refractivity contribution in [1.82, 2.24) is 19.3 Å². The third kappa shape index (κ3) is 8.44. The molecule has 7 aromatic rings. The Morgan fingerprint density at radius 3 is 1.98 bits per heavy atom. The van der Waals surface area contributed by atoms with Crippen LogP contribution in [0.4, 0.5) is 0 Å². The predicted octanol–water partition coefficient (Wildman–Crippen LogP) is 13.0. The Bertz CT molecular complexity index is 2390. The summed E-state index contributed by atoms with van der Waals surface area (Å²) in [6.45, 7) is 18.5. The van der Waals surface area contributed by atoms with Gasteiger partial charge in [0.25, 0.3) is 0 Å². The Hall–Kier alpha value is -4.47. The molecule has 0 saturated carbocycles. The van der Waals surface area contributed by atoms with E-state index in [2.05, 4.69) is 127 Å². The number of rotatable bonds is 15. The molecule has 0 fully saturated rings. The molecule has 6 heteroatoms. The van der Waals surface area contributed by atoms with Gasteiger partial charge in [0.2, 0.25) is 0 Å². The van der Waals surface area contributed by atoms with E-state index in [0.29, 0.717) is 23.3 Å². The van der Waals surface area contributed by atoms with Crippen LogP contribution < -0.4 is 4.74 Å². The third-order valence-electron chi connectivity index (χ3n) is 10.6. The summed E-state index contributed by atoms with van der Waals surface area (Å²) in [5.41, 5.74) is 14.5. The Morgan fingerprint density at radius 1 is 0.696 bits per heavy atom. The average Bonchev–Trinajstić information content (AvgIpc) is 3.77. The maximum Gasteiger partial charge on any atom is 2.00 e. The minimum Gasteiger partial charge on any atom is -0.509 e. The van der Waals surface area contributed by atoms with Crippen molar-refractivity contribution < 1.29 is 25.8 Å². The molecule has 0 unspecified atom stereocenters. The normalized spacial score (nSPS) is 11.6. The van der Waals surface area contributed by atoms with Crippen molar-refractivity contribution in [3.05, 3.63) is 131 Å². The maximum atomic E-state index is 6.51. The SMILES string of the molecule is CCCc1c(CCC)c(CC(C)C)c(-c2cnn(-c3[c-]c(Oc4[c-]c5c(cc4)c4ccccc4n5-c4cc(C)ccn4)ccc3)c2)c(CC(C)C)c1CCC.[Pt+2]. The smallest absolute Gasteiger partial charge is 0.509 e. The summed E-state index contributed by atoms with van der Waals surface area (Å²) in [5, 5.41) is 7.25. The van der Waals surface area contributed by atoms with E-state index >= 15 is 0 Å². The van der Waals surface area contributed by atoms with E-state index in [1.165, 1.54) is 17.5 Å². The van der Waals surface area contributed by atoms with E-state index in [0.717, 1.165) is 83.8 Å². The molecule has 0 saturated heterocycles. The van der Waals surface area contributed by atoms with E-state index in [4.69, 9.17) is 14.8 Å². The van der Waals surface area contributed by atoms with Gasteiger partial charge >= 0.3 is 21.1 Å². The molecular weight excluding hydrogens is 868 g/mol. The topological polar surface area (TPSA) is 44.9 Å². The molecule has 0 bridgehead atoms. The van der Waals surface area contributed by atoms with Gasteiger partial charge in [0.05, 0.1) is 6.20 Å². The van der Waals surface area contributed by atoms with Crippen molar-refractivity contribution in [2.75, 3.05) is 0 Å². The number of aryl methyl sites for hydroxylation is 1. The van der Waals surface area contributed by atoms with Gasteiger partial charge in [0, 0.05) is 35.0 Å². The van der Waals surface area contributed by atoms with E-state index in [9.17, 15) is 0 Å². The number of hydrogen-bond acceptors (Lipinski definition) is 3. The van der Waals surface area contributed by atoms with Crippen LogP contribution in [-0.4, -0.2) is 19.3 Å². The van der Waals surface area contributed by atoms with Gasteiger partial charge in [-0.3, -0.25) is 4.68 Å². The number of para-hydroxylation sites is 1. The summed E-state index contributed by atoms with van der Waals surface area (Å²) in [4.78, 5) is 4.73. The summed E-state index contributed by atoms with van der Waals surface area (Å²) in [7, 11) is 0. The second kappa shape index (κ2) is 18.2. The number of fused-ring (bicyclic) bond motifs is 3. The summed E-state index contributed by atoms with van der Waals surface area (Å²) in [6, 6.07) is 29.8. The van der Waals surface area contributed by atoms with Crippen molar-refractivity contribution >= 4 is 21.8 Å². The number of ether oxygens (including phenoxy) is 1. The van der Waals surface area contributed by atoms with Crippen molar-refractivity contribution in [1.29, 1.82) is 0 Å². The Balaban J connectivity index is 0.00000532. The predicted molar refractivity (Wildman–Crippen MR) is 229 cm³/mol. The van der Waals surface area contributed by atoms with Crippen LogP contribution >= 0.6 is 0 Å². The van der Waals surface area contributed by atoms with Crippen LogP contribution in [0.3, 0.4) is 0 Å². The quantitative estimate of drug-likeness (QED) is 0.0963. The molecule has 56 heavy (non-hydrogen) atoms. The zero-order valence-electron chi connectivity index (χ0n) is 34.4. The van der Waals surface area contributed by atoms with E-state index in [1.54, 1.807) is 27.8 Å². The first-order valence-corrected chi connectivity index (χ1v) is 20.5. The van der Waals surface area contributed by atoms with Gasteiger partial charge in [-0.1, -0.05) is 91.4 Å². The Labute approximate surface area is 348 Å². The van der Waals surface area contributed by atoms with Gasteiger partial charge in [0.15, 0.2) is 0 Å². The molecule has 4 aromatic carbocycles. The molecule has 5 nitrogen and oxygen atoms in total. The molecule has 0 aliphatic heterocycles. The van der Waals surface area contributed by atoms with Crippen molar-refractivity contribution in [3.8, 4) is 34.1 Å². The fraction of sp³-hybridized carbons (Fsp3) is 0.360. The molecular formula is C50H56N4OPt.